The van der Waals surface area contributed by atoms with Crippen molar-refractivity contribution in [1.29, 1.82) is 0 Å². The molecule has 0 saturated heterocycles. The molecule has 1 amide bonds. The predicted octanol–water partition coefficient (Wildman–Crippen LogP) is 1.42. The predicted molar refractivity (Wildman–Crippen MR) is 64.7 cm³/mol. The van der Waals surface area contributed by atoms with Gasteiger partial charge in [0.1, 0.15) is 6.04 Å². The SMILES string of the molecule is CC(C)C[C@@H](NC(=O)CCOC(C)C)C(=O)O. The Kier molecular flexibility index (Phi) is 7.54. The molecule has 0 aliphatic carbocycles. The number of hydrogen-bond acceptors (Lipinski definition) is 3. The molecule has 0 bridgehead atoms. The van der Waals surface area contributed by atoms with Crippen LogP contribution in [0.5, 0.6) is 0 Å². The average Bonchev–Trinajstić information content (AvgIpc) is 2.15. The minimum atomic E-state index is -0.989. The van der Waals surface area contributed by atoms with Gasteiger partial charge in [-0.05, 0) is 26.2 Å². The first-order chi connectivity index (χ1) is 7.82. The molecule has 0 aromatic rings. The van der Waals surface area contributed by atoms with Crippen molar-refractivity contribution in [2.75, 3.05) is 6.61 Å². The molecule has 0 rings (SSSR count). The number of hydrogen-bond donors (Lipinski definition) is 2. The molecule has 100 valence electrons. The van der Waals surface area contributed by atoms with Crippen molar-refractivity contribution in [1.82, 2.24) is 5.32 Å². The number of aliphatic carboxylic acids is 1. The van der Waals surface area contributed by atoms with E-state index in [2.05, 4.69) is 5.32 Å². The van der Waals surface area contributed by atoms with Gasteiger partial charge in [-0.2, -0.15) is 0 Å². The molecule has 0 aliphatic heterocycles. The molecule has 17 heavy (non-hydrogen) atoms. The molecule has 0 saturated carbocycles. The van der Waals surface area contributed by atoms with Gasteiger partial charge >= 0.3 is 5.97 Å². The van der Waals surface area contributed by atoms with Crippen LogP contribution in [0.3, 0.4) is 0 Å². The molecule has 1 atom stereocenters. The molecular formula is C12H23NO4. The maximum absolute atomic E-state index is 11.5. The number of carboxylic acids is 1. The normalized spacial score (nSPS) is 12.8. The third-order valence-electron chi connectivity index (χ3n) is 2.12. The van der Waals surface area contributed by atoms with Crippen LogP contribution in [-0.4, -0.2) is 35.7 Å². The molecule has 0 fully saturated rings. The fraction of sp³-hybridized carbons (Fsp3) is 0.833. The van der Waals surface area contributed by atoms with Crippen LogP contribution < -0.4 is 5.32 Å². The second-order valence-electron chi connectivity index (χ2n) is 4.76. The molecule has 0 unspecified atom stereocenters. The Labute approximate surface area is 103 Å². The molecule has 0 aromatic carbocycles. The number of nitrogens with one attached hydrogen (secondary N) is 1. The molecule has 5 heteroatoms. The third kappa shape index (κ3) is 8.68. The zero-order valence-corrected chi connectivity index (χ0v) is 11.0. The van der Waals surface area contributed by atoms with E-state index in [1.54, 1.807) is 0 Å². The van der Waals surface area contributed by atoms with Gasteiger partial charge in [0.15, 0.2) is 0 Å². The molecule has 0 spiro atoms. The molecule has 0 radical (unpaired) electrons. The van der Waals surface area contributed by atoms with Crippen molar-refractivity contribution in [3.05, 3.63) is 0 Å². The third-order valence-corrected chi connectivity index (χ3v) is 2.12. The summed E-state index contributed by atoms with van der Waals surface area (Å²) in [5, 5.41) is 11.4. The smallest absolute Gasteiger partial charge is 0.326 e. The van der Waals surface area contributed by atoms with Crippen LogP contribution in [0.2, 0.25) is 0 Å². The van der Waals surface area contributed by atoms with Gasteiger partial charge in [0.2, 0.25) is 5.91 Å². The van der Waals surface area contributed by atoms with Crippen molar-refractivity contribution in [3.8, 4) is 0 Å². The first-order valence-electron chi connectivity index (χ1n) is 5.96. The minimum absolute atomic E-state index is 0.0775. The number of ether oxygens (including phenoxy) is 1. The topological polar surface area (TPSA) is 75.6 Å². The van der Waals surface area contributed by atoms with Crippen molar-refractivity contribution in [3.63, 3.8) is 0 Å². The second kappa shape index (κ2) is 8.06. The molecule has 2 N–H and O–H groups in total. The zero-order chi connectivity index (χ0) is 13.4. The maximum Gasteiger partial charge on any atom is 0.326 e. The van der Waals surface area contributed by atoms with E-state index < -0.39 is 12.0 Å². The van der Waals surface area contributed by atoms with Crippen LogP contribution in [0, 0.1) is 5.92 Å². The molecule has 5 nitrogen and oxygen atoms in total. The van der Waals surface area contributed by atoms with Gasteiger partial charge in [-0.3, -0.25) is 4.79 Å². The Morgan fingerprint density at radius 2 is 1.82 bits per heavy atom. The lowest BCUT2D eigenvalue weighted by Gasteiger charge is -2.16. The van der Waals surface area contributed by atoms with E-state index in [-0.39, 0.29) is 24.3 Å². The van der Waals surface area contributed by atoms with Crippen LogP contribution in [-0.2, 0) is 14.3 Å². The second-order valence-corrected chi connectivity index (χ2v) is 4.76. The van der Waals surface area contributed by atoms with E-state index in [4.69, 9.17) is 9.84 Å². The largest absolute Gasteiger partial charge is 0.480 e. The lowest BCUT2D eigenvalue weighted by atomic mass is 10.0. The summed E-state index contributed by atoms with van der Waals surface area (Å²) in [4.78, 5) is 22.4. The standard InChI is InChI=1S/C12H23NO4/c1-8(2)7-10(12(15)16)13-11(14)5-6-17-9(3)4/h8-10H,5-7H2,1-4H3,(H,13,14)(H,15,16)/t10-/m1/s1. The number of rotatable bonds is 8. The van der Waals surface area contributed by atoms with Crippen LogP contribution >= 0.6 is 0 Å². The number of carbonyl (C=O) groups excluding carboxylic acids is 1. The summed E-state index contributed by atoms with van der Waals surface area (Å²) in [6, 6.07) is -0.804. The Morgan fingerprint density at radius 1 is 1.24 bits per heavy atom. The molecular weight excluding hydrogens is 222 g/mol. The van der Waals surface area contributed by atoms with Crippen molar-refractivity contribution in [2.45, 2.75) is 52.7 Å². The summed E-state index contributed by atoms with van der Waals surface area (Å²) in [5.41, 5.74) is 0. The van der Waals surface area contributed by atoms with Crippen molar-refractivity contribution in [2.24, 2.45) is 5.92 Å². The fourth-order valence-corrected chi connectivity index (χ4v) is 1.35. The summed E-state index contributed by atoms with van der Waals surface area (Å²) >= 11 is 0. The first-order valence-corrected chi connectivity index (χ1v) is 5.96. The number of carbonyl (C=O) groups is 2. The minimum Gasteiger partial charge on any atom is -0.480 e. The van der Waals surface area contributed by atoms with Gasteiger partial charge in [0, 0.05) is 6.42 Å². The zero-order valence-electron chi connectivity index (χ0n) is 11.0. The maximum atomic E-state index is 11.5. The van der Waals surface area contributed by atoms with Crippen LogP contribution in [0.25, 0.3) is 0 Å². The Balaban J connectivity index is 4.00. The van der Waals surface area contributed by atoms with Crippen molar-refractivity contribution >= 4 is 11.9 Å². The van der Waals surface area contributed by atoms with Crippen LogP contribution in [0.15, 0.2) is 0 Å². The average molecular weight is 245 g/mol. The Bertz CT molecular complexity index is 251. The van der Waals surface area contributed by atoms with Gasteiger partial charge < -0.3 is 15.2 Å². The monoisotopic (exact) mass is 245 g/mol. The highest BCUT2D eigenvalue weighted by Gasteiger charge is 2.20. The summed E-state index contributed by atoms with van der Waals surface area (Å²) in [6.07, 6.45) is 0.709. The van der Waals surface area contributed by atoms with Crippen LogP contribution in [0.4, 0.5) is 0 Å². The summed E-state index contributed by atoms with van der Waals surface area (Å²) in [5.74, 6) is -1.04. The molecule has 0 heterocycles. The Morgan fingerprint density at radius 3 is 2.24 bits per heavy atom. The van der Waals surface area contributed by atoms with Crippen LogP contribution in [0.1, 0.15) is 40.5 Å². The van der Waals surface area contributed by atoms with Crippen molar-refractivity contribution < 1.29 is 19.4 Å². The lowest BCUT2D eigenvalue weighted by Crippen LogP contribution is -2.42. The molecule has 0 aromatic heterocycles. The van der Waals surface area contributed by atoms with Gasteiger partial charge in [-0.25, -0.2) is 4.79 Å². The van der Waals surface area contributed by atoms with E-state index >= 15 is 0 Å². The van der Waals surface area contributed by atoms with Gasteiger partial charge in [0.05, 0.1) is 12.7 Å². The van der Waals surface area contributed by atoms with Gasteiger partial charge in [-0.15, -0.1) is 0 Å². The van der Waals surface area contributed by atoms with E-state index in [0.29, 0.717) is 13.0 Å². The highest BCUT2D eigenvalue weighted by atomic mass is 16.5. The lowest BCUT2D eigenvalue weighted by molar-refractivity contribution is -0.142. The number of carboxylic acid groups (broad SMARTS) is 1. The van der Waals surface area contributed by atoms with E-state index in [1.807, 2.05) is 27.7 Å². The highest BCUT2D eigenvalue weighted by molar-refractivity contribution is 5.83. The van der Waals surface area contributed by atoms with E-state index in [1.165, 1.54) is 0 Å². The fourth-order valence-electron chi connectivity index (χ4n) is 1.35. The quantitative estimate of drug-likeness (QED) is 0.678. The summed E-state index contributed by atoms with van der Waals surface area (Å²) in [6.45, 7) is 7.93. The highest BCUT2D eigenvalue weighted by Crippen LogP contribution is 2.05. The first kappa shape index (κ1) is 15.9. The molecule has 0 aliphatic rings. The van der Waals surface area contributed by atoms with Gasteiger partial charge in [0.25, 0.3) is 0 Å². The summed E-state index contributed by atoms with van der Waals surface area (Å²) < 4.78 is 5.23. The van der Waals surface area contributed by atoms with E-state index in [0.717, 1.165) is 0 Å². The Hall–Kier alpha value is -1.10. The van der Waals surface area contributed by atoms with Gasteiger partial charge in [-0.1, -0.05) is 13.8 Å². The van der Waals surface area contributed by atoms with E-state index in [9.17, 15) is 9.59 Å². The summed E-state index contributed by atoms with van der Waals surface area (Å²) in [7, 11) is 0. The number of amides is 1.